The quantitative estimate of drug-likeness (QED) is 0.541. The molecule has 28 heavy (non-hydrogen) atoms. The summed E-state index contributed by atoms with van der Waals surface area (Å²) in [5.41, 5.74) is 3.25. The van der Waals surface area contributed by atoms with Gasteiger partial charge in [0.25, 0.3) is 0 Å². The van der Waals surface area contributed by atoms with Crippen LogP contribution >= 0.6 is 39.1 Å². The highest BCUT2D eigenvalue weighted by atomic mass is 79.9. The van der Waals surface area contributed by atoms with Crippen molar-refractivity contribution < 1.29 is 4.79 Å². The molecule has 2 aromatic carbocycles. The van der Waals surface area contributed by atoms with Crippen LogP contribution in [0, 0.1) is 5.92 Å². The number of nitrogens with zero attached hydrogens (tertiary/aromatic N) is 2. The second-order valence-electron chi connectivity index (χ2n) is 7.81. The fraction of sp³-hybridized carbons (Fsp3) is 0.409. The lowest BCUT2D eigenvalue weighted by atomic mass is 9.95. The molecule has 0 bridgehead atoms. The van der Waals surface area contributed by atoms with E-state index in [0.717, 1.165) is 48.1 Å². The predicted molar refractivity (Wildman–Crippen MR) is 119 cm³/mol. The molecule has 2 heterocycles. The number of fused-ring (bicyclic) bond motifs is 1. The van der Waals surface area contributed by atoms with Crippen LogP contribution in [0.5, 0.6) is 0 Å². The zero-order valence-electron chi connectivity index (χ0n) is 15.8. The zero-order valence-corrected chi connectivity index (χ0v) is 18.9. The molecular formula is C22H23BrCl2N2O. The Bertz CT molecular complexity index is 884. The maximum absolute atomic E-state index is 13.4. The maximum Gasteiger partial charge on any atom is 0.231 e. The summed E-state index contributed by atoms with van der Waals surface area (Å²) in [6.07, 6.45) is 2.85. The Hall–Kier alpha value is -1.07. The average Bonchev–Trinajstić information content (AvgIpc) is 2.99. The minimum absolute atomic E-state index is 0.00654. The molecule has 1 amide bonds. The molecule has 2 aliphatic rings. The molecule has 148 valence electrons. The maximum atomic E-state index is 13.4. The van der Waals surface area contributed by atoms with E-state index in [0.29, 0.717) is 16.6 Å². The van der Waals surface area contributed by atoms with Gasteiger partial charge in [-0.25, -0.2) is 0 Å². The first kappa shape index (κ1) is 20.2. The fourth-order valence-corrected chi connectivity index (χ4v) is 5.37. The Morgan fingerprint density at radius 1 is 1.21 bits per heavy atom. The molecule has 0 spiro atoms. The van der Waals surface area contributed by atoms with E-state index >= 15 is 0 Å². The molecule has 0 N–H and O–H groups in total. The Balaban J connectivity index is 1.50. The first-order chi connectivity index (χ1) is 13.4. The molecule has 1 fully saturated rings. The number of hydrogen-bond donors (Lipinski definition) is 0. The molecule has 0 aromatic heterocycles. The van der Waals surface area contributed by atoms with Gasteiger partial charge in [0.1, 0.15) is 0 Å². The number of piperidine rings is 1. The van der Waals surface area contributed by atoms with Gasteiger partial charge < -0.3 is 4.90 Å². The number of halogens is 3. The van der Waals surface area contributed by atoms with Gasteiger partial charge in [0.2, 0.25) is 5.91 Å². The number of hydrogen-bond acceptors (Lipinski definition) is 2. The summed E-state index contributed by atoms with van der Waals surface area (Å²) in [5, 5.41) is 1.38. The lowest BCUT2D eigenvalue weighted by molar-refractivity contribution is -0.124. The Morgan fingerprint density at radius 3 is 2.71 bits per heavy atom. The smallest absolute Gasteiger partial charge is 0.231 e. The van der Waals surface area contributed by atoms with E-state index in [4.69, 9.17) is 23.2 Å². The third-order valence-electron chi connectivity index (χ3n) is 5.79. The molecule has 1 saturated heterocycles. The van der Waals surface area contributed by atoms with Crippen LogP contribution in [0.2, 0.25) is 10.0 Å². The molecule has 2 aliphatic heterocycles. The third kappa shape index (κ3) is 3.97. The molecule has 0 saturated carbocycles. The molecule has 0 aliphatic carbocycles. The molecule has 0 radical (unpaired) electrons. The van der Waals surface area contributed by atoms with Crippen LogP contribution < -0.4 is 4.90 Å². The summed E-state index contributed by atoms with van der Waals surface area (Å²) < 4.78 is 1.06. The largest absolute Gasteiger partial charge is 0.309 e. The lowest BCUT2D eigenvalue weighted by Crippen LogP contribution is -2.46. The van der Waals surface area contributed by atoms with Gasteiger partial charge in [0.15, 0.2) is 0 Å². The van der Waals surface area contributed by atoms with Crippen molar-refractivity contribution in [1.29, 1.82) is 0 Å². The van der Waals surface area contributed by atoms with Crippen molar-refractivity contribution in [3.63, 3.8) is 0 Å². The second-order valence-corrected chi connectivity index (χ2v) is 9.54. The van der Waals surface area contributed by atoms with Crippen molar-refractivity contribution in [2.45, 2.75) is 38.8 Å². The van der Waals surface area contributed by atoms with Crippen molar-refractivity contribution in [3.8, 4) is 0 Å². The highest BCUT2D eigenvalue weighted by Gasteiger charge is 2.36. The normalized spacial score (nSPS) is 22.4. The summed E-state index contributed by atoms with van der Waals surface area (Å²) in [7, 11) is 0. The predicted octanol–water partition coefficient (Wildman–Crippen LogP) is 5.95. The summed E-state index contributed by atoms with van der Waals surface area (Å²) in [6.45, 7) is 4.52. The van der Waals surface area contributed by atoms with Crippen molar-refractivity contribution in [1.82, 2.24) is 4.90 Å². The van der Waals surface area contributed by atoms with Gasteiger partial charge in [-0.1, -0.05) is 45.2 Å². The van der Waals surface area contributed by atoms with Crippen LogP contribution in [-0.4, -0.2) is 29.9 Å². The van der Waals surface area contributed by atoms with E-state index in [1.165, 1.54) is 5.56 Å². The van der Waals surface area contributed by atoms with Crippen molar-refractivity contribution in [3.05, 3.63) is 62.0 Å². The molecule has 0 unspecified atom stereocenters. The van der Waals surface area contributed by atoms with Gasteiger partial charge in [-0.15, -0.1) is 0 Å². The molecular weight excluding hydrogens is 459 g/mol. The van der Waals surface area contributed by atoms with Gasteiger partial charge in [-0.2, -0.15) is 0 Å². The first-order valence-corrected chi connectivity index (χ1v) is 11.3. The van der Waals surface area contributed by atoms with Gasteiger partial charge in [-0.3, -0.25) is 9.69 Å². The Kier molecular flexibility index (Phi) is 6.03. The molecule has 2 atom stereocenters. The van der Waals surface area contributed by atoms with Crippen LogP contribution in [-0.2, 0) is 17.8 Å². The summed E-state index contributed by atoms with van der Waals surface area (Å²) in [5.74, 6) is 0.246. The van der Waals surface area contributed by atoms with E-state index in [2.05, 4.69) is 39.9 Å². The number of carbonyl (C=O) groups excluding carboxylic acids is 1. The molecule has 3 nitrogen and oxygen atoms in total. The van der Waals surface area contributed by atoms with E-state index in [-0.39, 0.29) is 17.9 Å². The van der Waals surface area contributed by atoms with Gasteiger partial charge in [-0.05, 0) is 68.6 Å². The number of carbonyl (C=O) groups is 1. The fourth-order valence-electron chi connectivity index (χ4n) is 4.44. The monoisotopic (exact) mass is 480 g/mol. The summed E-state index contributed by atoms with van der Waals surface area (Å²) >= 11 is 16.2. The topological polar surface area (TPSA) is 23.6 Å². The summed E-state index contributed by atoms with van der Waals surface area (Å²) in [4.78, 5) is 17.7. The van der Waals surface area contributed by atoms with Crippen LogP contribution in [0.1, 0.15) is 30.9 Å². The van der Waals surface area contributed by atoms with Crippen molar-refractivity contribution in [2.24, 2.45) is 5.92 Å². The van der Waals surface area contributed by atoms with Crippen LogP contribution in [0.15, 0.2) is 40.9 Å². The molecule has 4 rings (SSSR count). The van der Waals surface area contributed by atoms with E-state index < -0.39 is 0 Å². The number of rotatable bonds is 3. The third-order valence-corrected chi connectivity index (χ3v) is 6.99. The highest BCUT2D eigenvalue weighted by Crippen LogP contribution is 2.36. The van der Waals surface area contributed by atoms with E-state index in [9.17, 15) is 4.79 Å². The van der Waals surface area contributed by atoms with Gasteiger partial charge >= 0.3 is 0 Å². The molecule has 2 aromatic rings. The average molecular weight is 482 g/mol. The number of amides is 1. The standard InChI is InChI=1S/C22H23BrCl2N2O/c1-14-10-16-11-17(23)7-8-21(16)27(14)22(28)15-4-3-9-26(12-15)13-18-19(24)5-2-6-20(18)25/h2,5-8,11,14-15H,3-4,9-10,12-13H2,1H3/t14-,15+/m1/s1. The second kappa shape index (κ2) is 8.35. The van der Waals surface area contributed by atoms with Gasteiger partial charge in [0.05, 0.1) is 5.92 Å². The number of anilines is 1. The van der Waals surface area contributed by atoms with Crippen molar-refractivity contribution in [2.75, 3.05) is 18.0 Å². The Labute approximate surface area is 184 Å². The minimum atomic E-state index is 0.00654. The summed E-state index contributed by atoms with van der Waals surface area (Å²) in [6, 6.07) is 12.0. The van der Waals surface area contributed by atoms with Crippen LogP contribution in [0.4, 0.5) is 5.69 Å². The zero-order chi connectivity index (χ0) is 19.8. The van der Waals surface area contributed by atoms with E-state index in [1.807, 2.05) is 29.2 Å². The van der Waals surface area contributed by atoms with Gasteiger partial charge in [0, 0.05) is 44.9 Å². The first-order valence-electron chi connectivity index (χ1n) is 9.71. The SMILES string of the molecule is C[C@@H]1Cc2cc(Br)ccc2N1C(=O)[C@H]1CCCN(Cc2c(Cl)cccc2Cl)C1. The highest BCUT2D eigenvalue weighted by molar-refractivity contribution is 9.10. The number of likely N-dealkylation sites (tertiary alicyclic amines) is 1. The molecule has 6 heteroatoms. The van der Waals surface area contributed by atoms with Crippen LogP contribution in [0.3, 0.4) is 0 Å². The van der Waals surface area contributed by atoms with Crippen LogP contribution in [0.25, 0.3) is 0 Å². The Morgan fingerprint density at radius 2 is 1.96 bits per heavy atom. The lowest BCUT2D eigenvalue weighted by Gasteiger charge is -2.35. The van der Waals surface area contributed by atoms with E-state index in [1.54, 1.807) is 0 Å². The number of benzene rings is 2. The minimum Gasteiger partial charge on any atom is -0.309 e. The van der Waals surface area contributed by atoms with Crippen molar-refractivity contribution >= 4 is 50.7 Å².